The predicted molar refractivity (Wildman–Crippen MR) is 48.2 cm³/mol. The highest BCUT2D eigenvalue weighted by molar-refractivity contribution is 9.09. The van der Waals surface area contributed by atoms with Crippen LogP contribution in [0.5, 0.6) is 0 Å². The van der Waals surface area contributed by atoms with Gasteiger partial charge in [0.1, 0.15) is 10.7 Å². The molecule has 0 unspecified atom stereocenters. The first kappa shape index (κ1) is 8.99. The van der Waals surface area contributed by atoms with Gasteiger partial charge < -0.3 is 4.42 Å². The Morgan fingerprint density at radius 1 is 1.75 bits per heavy atom. The molecule has 0 saturated heterocycles. The van der Waals surface area contributed by atoms with Crippen LogP contribution in [0.15, 0.2) is 23.1 Å². The van der Waals surface area contributed by atoms with Gasteiger partial charge in [-0.25, -0.2) is 0 Å². The highest BCUT2D eigenvalue weighted by Gasteiger charge is 2.12. The normalized spacial score (nSPS) is 9.75. The summed E-state index contributed by atoms with van der Waals surface area (Å²) in [5.41, 5.74) is 0.683. The molecule has 1 aromatic rings. The van der Waals surface area contributed by atoms with Gasteiger partial charge >= 0.3 is 5.88 Å². The van der Waals surface area contributed by atoms with Crippen LogP contribution in [-0.4, -0.2) is 10.3 Å². The van der Waals surface area contributed by atoms with Gasteiger partial charge in [0.2, 0.25) is 0 Å². The van der Waals surface area contributed by atoms with Crippen molar-refractivity contribution in [1.29, 1.82) is 0 Å². The number of rotatable bonds is 3. The first-order valence-corrected chi connectivity index (χ1v) is 4.25. The Hall–Kier alpha value is -1.10. The number of hydrogen-bond acceptors (Lipinski definition) is 3. The zero-order chi connectivity index (χ0) is 9.14. The predicted octanol–water partition coefficient (Wildman–Crippen LogP) is 2.60. The summed E-state index contributed by atoms with van der Waals surface area (Å²) in [6, 6.07) is 2.84. The van der Waals surface area contributed by atoms with E-state index in [1.54, 1.807) is 0 Å². The number of allylic oxidation sites excluding steroid dienone is 1. The molecule has 0 aliphatic heterocycles. The van der Waals surface area contributed by atoms with Gasteiger partial charge in [-0.3, -0.25) is 10.1 Å². The van der Waals surface area contributed by atoms with Crippen LogP contribution in [0.2, 0.25) is 0 Å². The first-order chi connectivity index (χ1) is 5.65. The van der Waals surface area contributed by atoms with Gasteiger partial charge in [0.05, 0.1) is 6.07 Å². The topological polar surface area (TPSA) is 56.3 Å². The van der Waals surface area contributed by atoms with Crippen molar-refractivity contribution in [2.24, 2.45) is 0 Å². The lowest BCUT2D eigenvalue weighted by molar-refractivity contribution is -0.402. The van der Waals surface area contributed by atoms with Crippen molar-refractivity contribution in [3.63, 3.8) is 0 Å². The van der Waals surface area contributed by atoms with Gasteiger partial charge in [0, 0.05) is 5.33 Å². The average Bonchev–Trinajstić information content (AvgIpc) is 2.51. The van der Waals surface area contributed by atoms with E-state index in [0.29, 0.717) is 16.7 Å². The summed E-state index contributed by atoms with van der Waals surface area (Å²) in [4.78, 5) is 9.62. The summed E-state index contributed by atoms with van der Waals surface area (Å²) < 4.78 is 4.87. The Morgan fingerprint density at radius 2 is 2.42 bits per heavy atom. The Morgan fingerprint density at radius 3 is 2.83 bits per heavy atom. The van der Waals surface area contributed by atoms with Gasteiger partial charge in [-0.15, -0.1) is 0 Å². The van der Waals surface area contributed by atoms with Gasteiger partial charge in [0.25, 0.3) is 0 Å². The largest absolute Gasteiger partial charge is 0.433 e. The Labute approximate surface area is 77.2 Å². The molecule has 0 saturated carbocycles. The molecule has 5 heteroatoms. The molecule has 4 nitrogen and oxygen atoms in total. The van der Waals surface area contributed by atoms with Crippen LogP contribution in [0.25, 0.3) is 5.57 Å². The third-order valence-corrected chi connectivity index (χ3v) is 1.96. The van der Waals surface area contributed by atoms with Crippen molar-refractivity contribution in [3.05, 3.63) is 34.6 Å². The monoisotopic (exact) mass is 231 g/mol. The van der Waals surface area contributed by atoms with Crippen LogP contribution >= 0.6 is 15.9 Å². The first-order valence-electron chi connectivity index (χ1n) is 3.13. The lowest BCUT2D eigenvalue weighted by atomic mass is 10.3. The number of halogens is 1. The molecule has 0 aliphatic carbocycles. The number of furan rings is 1. The molecule has 0 radical (unpaired) electrons. The molecule has 1 aromatic heterocycles. The minimum absolute atomic E-state index is 0.257. The van der Waals surface area contributed by atoms with E-state index in [2.05, 4.69) is 22.5 Å². The van der Waals surface area contributed by atoms with E-state index in [4.69, 9.17) is 4.42 Å². The van der Waals surface area contributed by atoms with Crippen molar-refractivity contribution < 1.29 is 9.34 Å². The second-order valence-corrected chi connectivity index (χ2v) is 2.69. The van der Waals surface area contributed by atoms with E-state index < -0.39 is 4.92 Å². The van der Waals surface area contributed by atoms with Crippen LogP contribution < -0.4 is 0 Å². The molecule has 64 valence electrons. The summed E-state index contributed by atoms with van der Waals surface area (Å²) in [5, 5.41) is 10.7. The summed E-state index contributed by atoms with van der Waals surface area (Å²) in [5.74, 6) is 0.186. The average molecular weight is 232 g/mol. The molecule has 0 atom stereocenters. The zero-order valence-electron chi connectivity index (χ0n) is 6.12. The lowest BCUT2D eigenvalue weighted by Crippen LogP contribution is -1.83. The van der Waals surface area contributed by atoms with Crippen molar-refractivity contribution in [2.45, 2.75) is 0 Å². The lowest BCUT2D eigenvalue weighted by Gasteiger charge is -1.92. The zero-order valence-corrected chi connectivity index (χ0v) is 7.70. The van der Waals surface area contributed by atoms with E-state index in [0.717, 1.165) is 0 Å². The van der Waals surface area contributed by atoms with E-state index in [1.165, 1.54) is 12.1 Å². The van der Waals surface area contributed by atoms with Crippen LogP contribution in [0.1, 0.15) is 5.76 Å². The van der Waals surface area contributed by atoms with Crippen LogP contribution in [0.4, 0.5) is 5.88 Å². The maximum atomic E-state index is 10.2. The minimum atomic E-state index is -0.578. The maximum Gasteiger partial charge on any atom is 0.433 e. The summed E-state index contributed by atoms with van der Waals surface area (Å²) >= 11 is 3.17. The molecule has 0 fully saturated rings. The van der Waals surface area contributed by atoms with E-state index >= 15 is 0 Å². The highest BCUT2D eigenvalue weighted by atomic mass is 79.9. The quantitative estimate of drug-likeness (QED) is 0.457. The number of nitro groups is 1. The van der Waals surface area contributed by atoms with Crippen LogP contribution in [0.3, 0.4) is 0 Å². The van der Waals surface area contributed by atoms with Gasteiger partial charge in [0.15, 0.2) is 0 Å². The van der Waals surface area contributed by atoms with E-state index in [1.807, 2.05) is 0 Å². The number of nitrogens with zero attached hydrogens (tertiary/aromatic N) is 1. The van der Waals surface area contributed by atoms with Crippen molar-refractivity contribution in [2.75, 3.05) is 5.33 Å². The van der Waals surface area contributed by atoms with Gasteiger partial charge in [-0.2, -0.15) is 0 Å². The Balaban J connectivity index is 2.91. The summed E-state index contributed by atoms with van der Waals surface area (Å²) in [6.07, 6.45) is 0. The molecule has 0 aliphatic rings. The van der Waals surface area contributed by atoms with Crippen molar-refractivity contribution >= 4 is 27.4 Å². The molecule has 0 bridgehead atoms. The standard InChI is InChI=1S/C7H6BrNO3/c1-5(4-8)6-2-3-7(12-6)9(10)11/h2-3H,1,4H2. The molecular weight excluding hydrogens is 226 g/mol. The molecule has 1 heterocycles. The minimum Gasteiger partial charge on any atom is -0.401 e. The van der Waals surface area contributed by atoms with Crippen molar-refractivity contribution in [1.82, 2.24) is 0 Å². The molecule has 0 N–H and O–H groups in total. The molecule has 0 spiro atoms. The molecular formula is C7H6BrNO3. The fourth-order valence-electron chi connectivity index (χ4n) is 0.682. The maximum absolute atomic E-state index is 10.2. The summed E-state index contributed by atoms with van der Waals surface area (Å²) in [6.45, 7) is 3.65. The van der Waals surface area contributed by atoms with E-state index in [9.17, 15) is 10.1 Å². The van der Waals surface area contributed by atoms with Gasteiger partial charge in [-0.05, 0) is 11.6 Å². The SMILES string of the molecule is C=C(CBr)c1ccc([N+](=O)[O-])o1. The second-order valence-electron chi connectivity index (χ2n) is 2.13. The fourth-order valence-corrected chi connectivity index (χ4v) is 0.958. The number of hydrogen-bond donors (Lipinski definition) is 0. The van der Waals surface area contributed by atoms with Crippen molar-refractivity contribution in [3.8, 4) is 0 Å². The molecule has 1 rings (SSSR count). The third-order valence-electron chi connectivity index (χ3n) is 1.28. The Kier molecular flexibility index (Phi) is 2.65. The molecule has 0 amide bonds. The van der Waals surface area contributed by atoms with Crippen LogP contribution in [0, 0.1) is 10.1 Å². The molecule has 12 heavy (non-hydrogen) atoms. The fraction of sp³-hybridized carbons (Fsp3) is 0.143. The molecule has 0 aromatic carbocycles. The van der Waals surface area contributed by atoms with Crippen LogP contribution in [-0.2, 0) is 0 Å². The third kappa shape index (κ3) is 1.73. The second kappa shape index (κ2) is 3.53. The van der Waals surface area contributed by atoms with E-state index in [-0.39, 0.29) is 5.88 Å². The smallest absolute Gasteiger partial charge is 0.401 e. The highest BCUT2D eigenvalue weighted by Crippen LogP contribution is 2.22. The summed E-state index contributed by atoms with van der Waals surface area (Å²) in [7, 11) is 0. The van der Waals surface area contributed by atoms with Gasteiger partial charge in [-0.1, -0.05) is 22.5 Å². The Bertz CT molecular complexity index is 318. The number of alkyl halides is 1.